The lowest BCUT2D eigenvalue weighted by atomic mass is 10.1. The summed E-state index contributed by atoms with van der Waals surface area (Å²) in [4.78, 5) is 27.9. The maximum atomic E-state index is 12.5. The van der Waals surface area contributed by atoms with Crippen molar-refractivity contribution in [1.82, 2.24) is 19.7 Å². The van der Waals surface area contributed by atoms with E-state index in [9.17, 15) is 9.59 Å². The molecule has 2 heterocycles. The standard InChI is InChI=1S/C19H21BrN4O3S/c1-22-16(18(26)23(2)19(22)28)8-12-10-24(11-17(25)21-6-7-27-3)15-5-4-13(20)9-14(12)15/h4-5,8-10H,6-7,11H2,1-3H3,(H,21,25)/b16-8-. The van der Waals surface area contributed by atoms with Crippen molar-refractivity contribution >= 4 is 62.1 Å². The predicted octanol–water partition coefficient (Wildman–Crippen LogP) is 2.20. The van der Waals surface area contributed by atoms with Crippen LogP contribution in [0, 0.1) is 0 Å². The highest BCUT2D eigenvalue weighted by Crippen LogP contribution is 2.29. The summed E-state index contributed by atoms with van der Waals surface area (Å²) in [6, 6.07) is 5.84. The second kappa shape index (κ2) is 8.42. The maximum absolute atomic E-state index is 12.5. The molecule has 0 unspecified atom stereocenters. The van der Waals surface area contributed by atoms with Crippen LogP contribution in [0.1, 0.15) is 5.56 Å². The summed E-state index contributed by atoms with van der Waals surface area (Å²) < 4.78 is 7.75. The number of amides is 2. The molecule has 0 atom stereocenters. The van der Waals surface area contributed by atoms with Gasteiger partial charge in [0.25, 0.3) is 5.91 Å². The van der Waals surface area contributed by atoms with E-state index < -0.39 is 0 Å². The minimum absolute atomic E-state index is 0.106. The molecule has 0 bridgehead atoms. The van der Waals surface area contributed by atoms with Crippen LogP contribution < -0.4 is 5.32 Å². The van der Waals surface area contributed by atoms with Crippen LogP contribution in [0.2, 0.25) is 0 Å². The van der Waals surface area contributed by atoms with Crippen molar-refractivity contribution < 1.29 is 14.3 Å². The molecule has 0 saturated carbocycles. The number of halogens is 1. The Bertz CT molecular complexity index is 985. The molecule has 7 nitrogen and oxygen atoms in total. The lowest BCUT2D eigenvalue weighted by Crippen LogP contribution is -2.30. The fourth-order valence-electron chi connectivity index (χ4n) is 3.08. The van der Waals surface area contributed by atoms with E-state index in [2.05, 4.69) is 21.2 Å². The van der Waals surface area contributed by atoms with Gasteiger partial charge in [0.1, 0.15) is 12.2 Å². The van der Waals surface area contributed by atoms with Gasteiger partial charge in [0, 0.05) is 54.9 Å². The van der Waals surface area contributed by atoms with Crippen LogP contribution in [-0.2, 0) is 20.9 Å². The van der Waals surface area contributed by atoms with Gasteiger partial charge in [0.2, 0.25) is 5.91 Å². The zero-order valence-corrected chi connectivity index (χ0v) is 18.3. The lowest BCUT2D eigenvalue weighted by Gasteiger charge is -2.10. The second-order valence-electron chi connectivity index (χ2n) is 6.45. The molecule has 1 fully saturated rings. The largest absolute Gasteiger partial charge is 0.383 e. The normalized spacial score (nSPS) is 15.9. The molecule has 148 valence electrons. The zero-order valence-electron chi connectivity index (χ0n) is 15.9. The molecule has 1 aromatic heterocycles. The molecule has 1 aliphatic rings. The topological polar surface area (TPSA) is 66.8 Å². The van der Waals surface area contributed by atoms with E-state index in [0.29, 0.717) is 24.0 Å². The molecule has 1 N–H and O–H groups in total. The van der Waals surface area contributed by atoms with Crippen molar-refractivity contribution in [3.63, 3.8) is 0 Å². The average Bonchev–Trinajstić information content (AvgIpc) is 3.08. The minimum Gasteiger partial charge on any atom is -0.383 e. The van der Waals surface area contributed by atoms with E-state index in [1.165, 1.54) is 4.90 Å². The molecule has 0 aliphatic carbocycles. The summed E-state index contributed by atoms with van der Waals surface area (Å²) >= 11 is 8.77. The number of rotatable bonds is 6. The second-order valence-corrected chi connectivity index (χ2v) is 7.73. The monoisotopic (exact) mass is 464 g/mol. The Kier molecular flexibility index (Phi) is 6.17. The number of fused-ring (bicyclic) bond motifs is 1. The molecule has 0 spiro atoms. The number of thiocarbonyl (C=S) groups is 1. The highest BCUT2D eigenvalue weighted by atomic mass is 79.9. The first-order valence-electron chi connectivity index (χ1n) is 8.65. The number of hydrogen-bond acceptors (Lipinski definition) is 4. The van der Waals surface area contributed by atoms with Gasteiger partial charge in [0.05, 0.1) is 6.61 Å². The van der Waals surface area contributed by atoms with Crippen molar-refractivity contribution in [1.29, 1.82) is 0 Å². The summed E-state index contributed by atoms with van der Waals surface area (Å²) in [6.45, 7) is 1.09. The predicted molar refractivity (Wildman–Crippen MR) is 116 cm³/mol. The van der Waals surface area contributed by atoms with Crippen molar-refractivity contribution in [3.8, 4) is 0 Å². The fraction of sp³-hybridized carbons (Fsp3) is 0.316. The SMILES string of the molecule is COCCNC(=O)Cn1cc(/C=C2/C(=O)N(C)C(=S)N2C)c2cc(Br)ccc21. The number of carbonyl (C=O) groups is 2. The van der Waals surface area contributed by atoms with Gasteiger partial charge in [-0.3, -0.25) is 14.5 Å². The summed E-state index contributed by atoms with van der Waals surface area (Å²) in [5.74, 6) is -0.258. The summed E-state index contributed by atoms with van der Waals surface area (Å²) in [6.07, 6.45) is 3.69. The Morgan fingerprint density at radius 2 is 2.07 bits per heavy atom. The van der Waals surface area contributed by atoms with Gasteiger partial charge >= 0.3 is 0 Å². The zero-order chi connectivity index (χ0) is 20.4. The van der Waals surface area contributed by atoms with Crippen LogP contribution in [0.25, 0.3) is 17.0 Å². The molecule has 1 aliphatic heterocycles. The summed E-state index contributed by atoms with van der Waals surface area (Å²) in [5, 5.41) is 4.22. The van der Waals surface area contributed by atoms with Crippen LogP contribution in [-0.4, -0.2) is 65.7 Å². The number of ether oxygens (including phenoxy) is 1. The van der Waals surface area contributed by atoms with E-state index in [-0.39, 0.29) is 18.4 Å². The molecule has 3 rings (SSSR count). The molecule has 28 heavy (non-hydrogen) atoms. The first-order chi connectivity index (χ1) is 13.3. The van der Waals surface area contributed by atoms with Gasteiger partial charge in [-0.05, 0) is 36.5 Å². The first-order valence-corrected chi connectivity index (χ1v) is 9.85. The van der Waals surface area contributed by atoms with Gasteiger partial charge in [-0.15, -0.1) is 0 Å². The van der Waals surface area contributed by atoms with E-state index >= 15 is 0 Å². The number of nitrogens with one attached hydrogen (secondary N) is 1. The van der Waals surface area contributed by atoms with E-state index in [4.69, 9.17) is 17.0 Å². The Morgan fingerprint density at radius 3 is 2.71 bits per heavy atom. The molecule has 1 aromatic carbocycles. The van der Waals surface area contributed by atoms with Crippen LogP contribution in [0.15, 0.2) is 34.6 Å². The van der Waals surface area contributed by atoms with Crippen molar-refractivity contribution in [2.45, 2.75) is 6.54 Å². The van der Waals surface area contributed by atoms with Crippen molar-refractivity contribution in [2.24, 2.45) is 0 Å². The molecular formula is C19H21BrN4O3S. The lowest BCUT2D eigenvalue weighted by molar-refractivity contribution is -0.122. The van der Waals surface area contributed by atoms with Crippen LogP contribution in [0.4, 0.5) is 0 Å². The number of benzene rings is 1. The molecule has 1 saturated heterocycles. The number of likely N-dealkylation sites (N-methyl/N-ethyl adjacent to an activating group) is 2. The quantitative estimate of drug-likeness (QED) is 0.403. The minimum atomic E-state index is -0.152. The van der Waals surface area contributed by atoms with E-state index in [1.807, 2.05) is 35.0 Å². The number of hydrogen-bond donors (Lipinski definition) is 1. The molecule has 0 radical (unpaired) electrons. The number of methoxy groups -OCH3 is 1. The Labute approximate surface area is 177 Å². The van der Waals surface area contributed by atoms with Gasteiger partial charge in [-0.25, -0.2) is 0 Å². The first kappa shape index (κ1) is 20.5. The van der Waals surface area contributed by atoms with Crippen LogP contribution >= 0.6 is 28.1 Å². The van der Waals surface area contributed by atoms with Crippen molar-refractivity contribution in [3.05, 3.63) is 40.1 Å². The molecular weight excluding hydrogens is 444 g/mol. The number of nitrogens with zero attached hydrogens (tertiary/aromatic N) is 3. The van der Waals surface area contributed by atoms with Gasteiger partial charge < -0.3 is 19.5 Å². The Hall–Kier alpha value is -2.23. The molecule has 2 aromatic rings. The van der Waals surface area contributed by atoms with Crippen LogP contribution in [0.5, 0.6) is 0 Å². The third-order valence-electron chi connectivity index (χ3n) is 4.57. The maximum Gasteiger partial charge on any atom is 0.276 e. The summed E-state index contributed by atoms with van der Waals surface area (Å²) in [7, 11) is 5.02. The number of aromatic nitrogens is 1. The third kappa shape index (κ3) is 3.96. The summed E-state index contributed by atoms with van der Waals surface area (Å²) in [5.41, 5.74) is 2.24. The number of carbonyl (C=O) groups excluding carboxylic acids is 2. The molecule has 9 heteroatoms. The highest BCUT2D eigenvalue weighted by Gasteiger charge is 2.33. The average molecular weight is 465 g/mol. The fourth-order valence-corrected chi connectivity index (χ4v) is 3.62. The van der Waals surface area contributed by atoms with Crippen molar-refractivity contribution in [2.75, 3.05) is 34.4 Å². The van der Waals surface area contributed by atoms with E-state index in [0.717, 1.165) is 20.9 Å². The Morgan fingerprint density at radius 1 is 1.32 bits per heavy atom. The molecule has 2 amide bonds. The third-order valence-corrected chi connectivity index (χ3v) is 5.61. The van der Waals surface area contributed by atoms with E-state index in [1.54, 1.807) is 26.1 Å². The van der Waals surface area contributed by atoms with Crippen LogP contribution in [0.3, 0.4) is 0 Å². The highest BCUT2D eigenvalue weighted by molar-refractivity contribution is 9.10. The smallest absolute Gasteiger partial charge is 0.276 e. The van der Waals surface area contributed by atoms with Gasteiger partial charge in [-0.1, -0.05) is 15.9 Å². The Balaban J connectivity index is 1.98. The van der Waals surface area contributed by atoms with Gasteiger partial charge in [-0.2, -0.15) is 0 Å². The van der Waals surface area contributed by atoms with Gasteiger partial charge in [0.15, 0.2) is 5.11 Å².